The molecule has 0 N–H and O–H groups in total. The molecule has 0 aromatic carbocycles. The lowest BCUT2D eigenvalue weighted by Gasteiger charge is -2.04. The number of rotatable bonds is 6. The van der Waals surface area contributed by atoms with Crippen molar-refractivity contribution in [2.75, 3.05) is 12.4 Å². The third kappa shape index (κ3) is 5.87. The summed E-state index contributed by atoms with van der Waals surface area (Å²) in [7, 11) is 1.59. The average Bonchev–Trinajstić information content (AvgIpc) is 2.15. The van der Waals surface area contributed by atoms with Crippen LogP contribution < -0.4 is 4.74 Å². The van der Waals surface area contributed by atoms with Gasteiger partial charge in [-0.3, -0.25) is 4.98 Å². The highest BCUT2D eigenvalue weighted by Gasteiger charge is 2.04. The van der Waals surface area contributed by atoms with Crippen LogP contribution in [0.25, 0.3) is 0 Å². The lowest BCUT2D eigenvalue weighted by molar-refractivity contribution is 0.306. The zero-order valence-corrected chi connectivity index (χ0v) is 9.97. The molecule has 90 valence electrons. The normalized spacial score (nSPS) is 11.4. The van der Waals surface area contributed by atoms with Crippen molar-refractivity contribution < 1.29 is 17.5 Å². The third-order valence-corrected chi connectivity index (χ3v) is 2.97. The van der Waals surface area contributed by atoms with E-state index in [4.69, 9.17) is 15.4 Å². The van der Waals surface area contributed by atoms with Gasteiger partial charge in [0, 0.05) is 16.7 Å². The van der Waals surface area contributed by atoms with E-state index in [1.165, 1.54) is 12.3 Å². The molecule has 16 heavy (non-hydrogen) atoms. The zero-order chi connectivity index (χ0) is 12.0. The van der Waals surface area contributed by atoms with Crippen LogP contribution in [0.15, 0.2) is 18.5 Å². The van der Waals surface area contributed by atoms with Crippen LogP contribution >= 0.6 is 10.7 Å². The van der Waals surface area contributed by atoms with Gasteiger partial charge in [-0.05, 0) is 12.8 Å². The quantitative estimate of drug-likeness (QED) is 0.584. The Hall–Kier alpha value is -0.880. The predicted octanol–water partition coefficient (Wildman–Crippen LogP) is 1.95. The summed E-state index contributed by atoms with van der Waals surface area (Å²) in [5.74, 6) is -0.228. The molecule has 1 heterocycles. The maximum Gasteiger partial charge on any atom is 0.232 e. The lowest BCUT2D eigenvalue weighted by atomic mass is 10.3. The van der Waals surface area contributed by atoms with Crippen LogP contribution in [-0.4, -0.2) is 25.8 Å². The molecule has 0 spiro atoms. The van der Waals surface area contributed by atoms with E-state index in [9.17, 15) is 12.8 Å². The fraction of sp³-hybridized carbons (Fsp3) is 0.444. The van der Waals surface area contributed by atoms with Gasteiger partial charge in [0.05, 0.1) is 24.8 Å². The minimum absolute atomic E-state index is 0.0840. The van der Waals surface area contributed by atoms with Crippen molar-refractivity contribution in [1.82, 2.24) is 4.98 Å². The van der Waals surface area contributed by atoms with Crippen molar-refractivity contribution in [3.8, 4) is 5.75 Å². The molecule has 0 aliphatic rings. The summed E-state index contributed by atoms with van der Waals surface area (Å²) in [5.41, 5.74) is 0. The molecule has 1 rings (SSSR count). The topological polar surface area (TPSA) is 56.3 Å². The van der Waals surface area contributed by atoms with Crippen LogP contribution in [-0.2, 0) is 9.05 Å². The van der Waals surface area contributed by atoms with Crippen molar-refractivity contribution in [1.29, 1.82) is 0 Å². The Bertz CT molecular complexity index is 438. The van der Waals surface area contributed by atoms with E-state index in [1.807, 2.05) is 0 Å². The highest BCUT2D eigenvalue weighted by atomic mass is 35.7. The first-order valence-electron chi connectivity index (χ1n) is 4.63. The van der Waals surface area contributed by atoms with Gasteiger partial charge < -0.3 is 4.74 Å². The van der Waals surface area contributed by atoms with Crippen LogP contribution in [0, 0.1) is 5.82 Å². The maximum atomic E-state index is 12.7. The molecular weight excluding hydrogens is 257 g/mol. The highest BCUT2D eigenvalue weighted by Crippen LogP contribution is 2.10. The summed E-state index contributed by atoms with van der Waals surface area (Å²) in [4.78, 5) is 3.61. The standard InChI is InChI=1S/C9H11ClFNO3S/c10-16(13,14)4-2-1-3-15-9-5-8(11)6-12-7-9/h5-7H,1-4H2. The molecule has 1 aromatic heterocycles. The van der Waals surface area contributed by atoms with Crippen molar-refractivity contribution in [2.45, 2.75) is 12.8 Å². The van der Waals surface area contributed by atoms with Gasteiger partial charge in [-0.1, -0.05) is 0 Å². The molecule has 0 saturated carbocycles. The molecule has 0 aliphatic heterocycles. The summed E-state index contributed by atoms with van der Waals surface area (Å²) in [6.07, 6.45) is 3.41. The Morgan fingerprint density at radius 2 is 2.12 bits per heavy atom. The van der Waals surface area contributed by atoms with E-state index in [2.05, 4.69) is 4.98 Å². The second-order valence-corrected chi connectivity index (χ2v) is 6.03. The molecule has 0 unspecified atom stereocenters. The Labute approximate surface area is 97.8 Å². The number of aromatic nitrogens is 1. The fourth-order valence-corrected chi connectivity index (χ4v) is 1.91. The van der Waals surface area contributed by atoms with E-state index in [0.29, 0.717) is 25.2 Å². The van der Waals surface area contributed by atoms with Crippen LogP contribution in [0.4, 0.5) is 4.39 Å². The molecule has 7 heteroatoms. The van der Waals surface area contributed by atoms with Gasteiger partial charge in [-0.15, -0.1) is 0 Å². The van der Waals surface area contributed by atoms with Gasteiger partial charge in [0.25, 0.3) is 0 Å². The minimum Gasteiger partial charge on any atom is -0.492 e. The Morgan fingerprint density at radius 1 is 1.38 bits per heavy atom. The van der Waals surface area contributed by atoms with Gasteiger partial charge in [0.2, 0.25) is 9.05 Å². The SMILES string of the molecule is O=S(=O)(Cl)CCCCOc1cncc(F)c1. The van der Waals surface area contributed by atoms with Gasteiger partial charge >= 0.3 is 0 Å². The van der Waals surface area contributed by atoms with E-state index in [-0.39, 0.29) is 5.75 Å². The first-order chi connectivity index (χ1) is 7.47. The first kappa shape index (κ1) is 13.2. The largest absolute Gasteiger partial charge is 0.492 e. The molecule has 0 fully saturated rings. The Morgan fingerprint density at radius 3 is 2.75 bits per heavy atom. The summed E-state index contributed by atoms with van der Waals surface area (Å²) >= 11 is 0. The summed E-state index contributed by atoms with van der Waals surface area (Å²) in [5, 5.41) is 0. The smallest absolute Gasteiger partial charge is 0.232 e. The van der Waals surface area contributed by atoms with Crippen LogP contribution in [0.2, 0.25) is 0 Å². The Kier molecular flexibility index (Phi) is 4.95. The molecule has 0 atom stereocenters. The number of pyridine rings is 1. The zero-order valence-electron chi connectivity index (χ0n) is 8.40. The van der Waals surface area contributed by atoms with Gasteiger partial charge in [0.1, 0.15) is 11.6 Å². The second kappa shape index (κ2) is 6.00. The maximum absolute atomic E-state index is 12.7. The molecule has 0 saturated heterocycles. The Balaban J connectivity index is 2.21. The summed E-state index contributed by atoms with van der Waals surface area (Å²) in [6, 6.07) is 1.21. The third-order valence-electron chi connectivity index (χ3n) is 1.73. The van der Waals surface area contributed by atoms with E-state index in [1.54, 1.807) is 0 Å². The molecule has 0 bridgehead atoms. The van der Waals surface area contributed by atoms with E-state index >= 15 is 0 Å². The summed E-state index contributed by atoms with van der Waals surface area (Å²) in [6.45, 7) is 0.303. The van der Waals surface area contributed by atoms with Gasteiger partial charge in [-0.25, -0.2) is 12.8 Å². The van der Waals surface area contributed by atoms with E-state index < -0.39 is 14.9 Å². The number of halogens is 2. The minimum atomic E-state index is -3.43. The van der Waals surface area contributed by atoms with Crippen molar-refractivity contribution >= 4 is 19.7 Å². The summed E-state index contributed by atoms with van der Waals surface area (Å²) < 4.78 is 39.0. The highest BCUT2D eigenvalue weighted by molar-refractivity contribution is 8.13. The molecular formula is C9H11ClFNO3S. The van der Waals surface area contributed by atoms with Crippen molar-refractivity contribution in [2.24, 2.45) is 0 Å². The van der Waals surface area contributed by atoms with Crippen LogP contribution in [0.3, 0.4) is 0 Å². The second-order valence-electron chi connectivity index (χ2n) is 3.14. The fourth-order valence-electron chi connectivity index (χ4n) is 1.04. The molecule has 0 amide bonds. The molecule has 0 radical (unpaired) electrons. The van der Waals surface area contributed by atoms with Gasteiger partial charge in [0.15, 0.2) is 0 Å². The van der Waals surface area contributed by atoms with Gasteiger partial charge in [-0.2, -0.15) is 0 Å². The number of hydrogen-bond acceptors (Lipinski definition) is 4. The number of hydrogen-bond donors (Lipinski definition) is 0. The monoisotopic (exact) mass is 267 g/mol. The molecule has 0 aliphatic carbocycles. The number of ether oxygens (including phenoxy) is 1. The predicted molar refractivity (Wildman–Crippen MR) is 58.6 cm³/mol. The van der Waals surface area contributed by atoms with Crippen LogP contribution in [0.5, 0.6) is 5.75 Å². The van der Waals surface area contributed by atoms with Crippen molar-refractivity contribution in [3.63, 3.8) is 0 Å². The van der Waals surface area contributed by atoms with Crippen molar-refractivity contribution in [3.05, 3.63) is 24.3 Å². The lowest BCUT2D eigenvalue weighted by Crippen LogP contribution is -2.02. The molecule has 4 nitrogen and oxygen atoms in total. The van der Waals surface area contributed by atoms with E-state index in [0.717, 1.165) is 6.20 Å². The first-order valence-corrected chi connectivity index (χ1v) is 7.11. The number of unbranched alkanes of at least 4 members (excludes halogenated alkanes) is 1. The number of nitrogens with zero attached hydrogens (tertiary/aromatic N) is 1. The van der Waals surface area contributed by atoms with Crippen LogP contribution in [0.1, 0.15) is 12.8 Å². The molecule has 1 aromatic rings. The average molecular weight is 268 g/mol.